The minimum Gasteiger partial charge on any atom is -0.368 e. The minimum atomic E-state index is -2.97. The van der Waals surface area contributed by atoms with Crippen LogP contribution in [0.3, 0.4) is 0 Å². The molecule has 2 aliphatic rings. The fraction of sp³-hybridized carbons (Fsp3) is 0.545. The lowest BCUT2D eigenvalue weighted by Gasteiger charge is -2.34. The molecule has 0 unspecified atom stereocenters. The minimum absolute atomic E-state index is 0.000717. The van der Waals surface area contributed by atoms with Crippen molar-refractivity contribution in [3.8, 4) is 0 Å². The molecule has 0 aliphatic carbocycles. The molecule has 0 bridgehead atoms. The summed E-state index contributed by atoms with van der Waals surface area (Å²) in [6, 6.07) is 1.02. The molecule has 1 fully saturated rings. The highest BCUT2D eigenvalue weighted by molar-refractivity contribution is 6.31. The first kappa shape index (κ1) is 20.0. The Morgan fingerprint density at radius 3 is 2.62 bits per heavy atom. The number of benzene rings is 1. The van der Waals surface area contributed by atoms with Crippen molar-refractivity contribution in [2.24, 2.45) is 17.4 Å². The quantitative estimate of drug-likeness (QED) is 0.570. The maximum Gasteiger partial charge on any atom is 0.246 e. The van der Waals surface area contributed by atoms with Crippen LogP contribution in [0.25, 0.3) is 0 Å². The topological polar surface area (TPSA) is 139 Å². The van der Waals surface area contributed by atoms with Crippen molar-refractivity contribution in [2.45, 2.75) is 57.2 Å². The molecule has 9 nitrogen and oxygen atoms in total. The van der Waals surface area contributed by atoms with Gasteiger partial charge in [0.15, 0.2) is 0 Å². The lowest BCUT2D eigenvalue weighted by molar-refractivity contribution is -0.148. The highest BCUT2D eigenvalue weighted by atomic mass is 35.5. The van der Waals surface area contributed by atoms with Crippen molar-refractivity contribution in [2.75, 3.05) is 18.8 Å². The molecule has 10 heteroatoms. The fourth-order valence-electron chi connectivity index (χ4n) is 4.46. The molecule has 174 valence electrons. The largest absolute Gasteiger partial charge is 0.368 e. The van der Waals surface area contributed by atoms with E-state index in [1.165, 1.54) is 6.92 Å². The van der Waals surface area contributed by atoms with Gasteiger partial charge in [-0.25, -0.2) is 0 Å². The Labute approximate surface area is 196 Å². The summed E-state index contributed by atoms with van der Waals surface area (Å²) in [7, 11) is 0. The molecule has 2 aliphatic heterocycles. The third-order valence-corrected chi connectivity index (χ3v) is 6.30. The molecule has 1 aromatic rings. The summed E-state index contributed by atoms with van der Waals surface area (Å²) in [5.41, 5.74) is 11.1. The van der Waals surface area contributed by atoms with Crippen LogP contribution in [0.4, 0.5) is 5.69 Å². The lowest BCUT2D eigenvalue weighted by atomic mass is 9.79. The van der Waals surface area contributed by atoms with Crippen LogP contribution in [-0.4, -0.2) is 65.1 Å². The van der Waals surface area contributed by atoms with Gasteiger partial charge in [0.2, 0.25) is 23.6 Å². The van der Waals surface area contributed by atoms with Gasteiger partial charge in [-0.3, -0.25) is 19.2 Å². The van der Waals surface area contributed by atoms with Crippen molar-refractivity contribution < 1.29 is 23.3 Å². The Morgan fingerprint density at radius 2 is 2.06 bits per heavy atom. The molecule has 0 radical (unpaired) electrons. The van der Waals surface area contributed by atoms with Crippen LogP contribution in [0.1, 0.15) is 43.3 Å². The van der Waals surface area contributed by atoms with Gasteiger partial charge in [0, 0.05) is 28.3 Å². The second-order valence-electron chi connectivity index (χ2n) is 8.96. The van der Waals surface area contributed by atoms with E-state index < -0.39 is 54.1 Å². The van der Waals surface area contributed by atoms with Crippen LogP contribution >= 0.6 is 11.6 Å². The van der Waals surface area contributed by atoms with Crippen molar-refractivity contribution in [3.63, 3.8) is 0 Å². The van der Waals surface area contributed by atoms with E-state index in [9.17, 15) is 19.2 Å². The van der Waals surface area contributed by atoms with E-state index in [2.05, 4.69) is 5.32 Å². The van der Waals surface area contributed by atoms with Gasteiger partial charge in [0.05, 0.1) is 11.5 Å². The molecule has 1 saturated heterocycles. The first-order chi connectivity index (χ1) is 16.1. The number of carbonyl (C=O) groups is 4. The van der Waals surface area contributed by atoms with Gasteiger partial charge in [-0.05, 0) is 49.4 Å². The third kappa shape index (κ3) is 4.06. The number of likely N-dealkylation sites (N-methyl/N-ethyl adjacent to an activating group) is 1. The highest BCUT2D eigenvalue weighted by Crippen LogP contribution is 2.47. The Morgan fingerprint density at radius 1 is 1.38 bits per heavy atom. The summed E-state index contributed by atoms with van der Waals surface area (Å²) in [5, 5.41) is 3.13. The predicted molar refractivity (Wildman–Crippen MR) is 121 cm³/mol. The van der Waals surface area contributed by atoms with Crippen LogP contribution in [-0.2, 0) is 24.6 Å². The molecule has 1 spiro atoms. The number of amides is 4. The first-order valence-corrected chi connectivity index (χ1v) is 10.8. The monoisotopic (exact) mass is 466 g/mol. The smallest absolute Gasteiger partial charge is 0.246 e. The van der Waals surface area contributed by atoms with E-state index in [0.717, 1.165) is 4.90 Å². The molecular weight excluding hydrogens is 434 g/mol. The number of likely N-dealkylation sites (tertiary alicyclic amines) is 1. The van der Waals surface area contributed by atoms with Crippen LogP contribution in [0.5, 0.6) is 0 Å². The van der Waals surface area contributed by atoms with E-state index in [-0.39, 0.29) is 25.3 Å². The Hall–Kier alpha value is -2.65. The average Bonchev–Trinajstić information content (AvgIpc) is 3.25. The number of rotatable bonds is 6. The average molecular weight is 467 g/mol. The number of hydrogen-bond donors (Lipinski definition) is 3. The summed E-state index contributed by atoms with van der Waals surface area (Å²) < 4.78 is 23.8. The van der Waals surface area contributed by atoms with Crippen LogP contribution in [0.15, 0.2) is 18.2 Å². The maximum atomic E-state index is 13.9. The second kappa shape index (κ2) is 8.71. The normalized spacial score (nSPS) is 25.6. The summed E-state index contributed by atoms with van der Waals surface area (Å²) in [6.45, 7) is 1.68. The predicted octanol–water partition coefficient (Wildman–Crippen LogP) is 0.836. The molecule has 2 heterocycles. The van der Waals surface area contributed by atoms with E-state index in [1.807, 2.05) is 0 Å². The van der Waals surface area contributed by atoms with E-state index in [1.54, 1.807) is 32.0 Å². The SMILES string of the molecule is [2H]C([2H])([2H])N(C(=O)[C@H](C)N)[C@@H](CC(C)C)C(=O)N1C[C@]2(C[C@H]1C(N)=O)C(=O)Nc1ccc(Cl)cc12. The number of nitrogens with two attached hydrogens (primary N) is 2. The molecule has 32 heavy (non-hydrogen) atoms. The van der Waals surface area contributed by atoms with Crippen molar-refractivity contribution in [1.29, 1.82) is 0 Å². The van der Waals surface area contributed by atoms with Crippen molar-refractivity contribution in [1.82, 2.24) is 9.80 Å². The molecule has 0 aromatic heterocycles. The van der Waals surface area contributed by atoms with Crippen LogP contribution < -0.4 is 16.8 Å². The molecule has 0 saturated carbocycles. The van der Waals surface area contributed by atoms with E-state index in [0.29, 0.717) is 21.2 Å². The summed E-state index contributed by atoms with van der Waals surface area (Å²) in [4.78, 5) is 54.0. The summed E-state index contributed by atoms with van der Waals surface area (Å²) in [5.74, 6) is -3.17. The Kier molecular flexibility index (Phi) is 5.44. The van der Waals surface area contributed by atoms with Gasteiger partial charge < -0.3 is 26.6 Å². The maximum absolute atomic E-state index is 13.9. The molecular formula is C22H30ClN5O4. The van der Waals surface area contributed by atoms with Crippen LogP contribution in [0.2, 0.25) is 5.02 Å². The number of nitrogens with zero attached hydrogens (tertiary/aromatic N) is 2. The van der Waals surface area contributed by atoms with Crippen molar-refractivity contribution in [3.05, 3.63) is 28.8 Å². The number of halogens is 1. The molecule has 4 amide bonds. The number of nitrogens with one attached hydrogen (secondary N) is 1. The summed E-state index contributed by atoms with van der Waals surface area (Å²) in [6.07, 6.45) is -0.101. The second-order valence-corrected chi connectivity index (χ2v) is 9.39. The van der Waals surface area contributed by atoms with Gasteiger partial charge in [-0.2, -0.15) is 0 Å². The number of carbonyl (C=O) groups excluding carboxylic acids is 4. The zero-order valence-corrected chi connectivity index (χ0v) is 19.0. The molecule has 4 atom stereocenters. The van der Waals surface area contributed by atoms with Gasteiger partial charge >= 0.3 is 0 Å². The fourth-order valence-corrected chi connectivity index (χ4v) is 4.64. The van der Waals surface area contributed by atoms with Crippen LogP contribution in [0, 0.1) is 5.92 Å². The van der Waals surface area contributed by atoms with Gasteiger partial charge in [-0.15, -0.1) is 0 Å². The number of primary amides is 1. The van der Waals surface area contributed by atoms with Crippen molar-refractivity contribution >= 4 is 40.9 Å². The van der Waals surface area contributed by atoms with Gasteiger partial charge in [-0.1, -0.05) is 25.4 Å². The summed E-state index contributed by atoms with van der Waals surface area (Å²) >= 11 is 6.16. The van der Waals surface area contributed by atoms with E-state index >= 15 is 0 Å². The highest BCUT2D eigenvalue weighted by Gasteiger charge is 2.58. The lowest BCUT2D eigenvalue weighted by Crippen LogP contribution is -2.56. The standard InChI is InChI=1S/C22H30ClN5O4/c1-11(2)7-16(27(4)19(30)12(3)24)20(31)28-10-22(9-17(28)18(25)29)14-8-13(23)5-6-15(14)26-21(22)32/h5-6,8,11-12,16-17H,7,9-10,24H2,1-4H3,(H2,25,29)(H,26,32)/t12-,16-,17-,22-/m0/s1/i4D3. The Bertz CT molecular complexity index is 1060. The van der Waals surface area contributed by atoms with E-state index in [4.69, 9.17) is 27.2 Å². The number of fused-ring (bicyclic) bond motifs is 2. The first-order valence-electron chi connectivity index (χ1n) is 11.9. The zero-order chi connectivity index (χ0) is 26.5. The van der Waals surface area contributed by atoms with Gasteiger partial charge in [0.25, 0.3) is 0 Å². The molecule has 5 N–H and O–H groups in total. The number of anilines is 1. The Balaban J connectivity index is 2.09. The molecule has 3 rings (SSSR count). The zero-order valence-electron chi connectivity index (χ0n) is 21.2. The third-order valence-electron chi connectivity index (χ3n) is 6.07. The molecule has 1 aromatic carbocycles. The van der Waals surface area contributed by atoms with Gasteiger partial charge in [0.1, 0.15) is 12.1 Å². The number of hydrogen-bond acceptors (Lipinski definition) is 5.